The van der Waals surface area contributed by atoms with Crippen molar-refractivity contribution in [2.75, 3.05) is 12.4 Å². The van der Waals surface area contributed by atoms with Gasteiger partial charge in [-0.2, -0.15) is 4.31 Å². The highest BCUT2D eigenvalue weighted by atomic mass is 32.2. The predicted octanol–water partition coefficient (Wildman–Crippen LogP) is 3.12. The maximum atomic E-state index is 13.5. The largest absolute Gasteiger partial charge is 0.497 e. The van der Waals surface area contributed by atoms with Crippen molar-refractivity contribution in [3.05, 3.63) is 76.5 Å². The van der Waals surface area contributed by atoms with Crippen LogP contribution in [0.15, 0.2) is 70.9 Å². The summed E-state index contributed by atoms with van der Waals surface area (Å²) in [5, 5.41) is 13.7. The summed E-state index contributed by atoms with van der Waals surface area (Å²) in [7, 11) is -2.79. The number of rotatable bonds is 6. The van der Waals surface area contributed by atoms with E-state index in [1.54, 1.807) is 41.8 Å². The van der Waals surface area contributed by atoms with E-state index in [2.05, 4.69) is 5.32 Å². The van der Waals surface area contributed by atoms with E-state index < -0.39 is 34.2 Å². The van der Waals surface area contributed by atoms with Crippen LogP contribution in [-0.4, -0.2) is 43.1 Å². The van der Waals surface area contributed by atoms with Crippen molar-refractivity contribution in [2.24, 2.45) is 0 Å². The molecular formula is C22H21N3O7S2. The predicted molar refractivity (Wildman–Crippen MR) is 123 cm³/mol. The number of fused-ring (bicyclic) bond motifs is 1. The Morgan fingerprint density at radius 3 is 2.44 bits per heavy atom. The van der Waals surface area contributed by atoms with Gasteiger partial charge < -0.3 is 9.47 Å². The Labute approximate surface area is 199 Å². The van der Waals surface area contributed by atoms with Crippen LogP contribution in [-0.2, 0) is 26.1 Å². The number of methoxy groups -OCH3 is 1. The summed E-state index contributed by atoms with van der Waals surface area (Å²) in [6.45, 7) is -0.147. The molecule has 2 unspecified atom stereocenters. The van der Waals surface area contributed by atoms with Gasteiger partial charge in [0.2, 0.25) is 10.0 Å². The van der Waals surface area contributed by atoms with Crippen molar-refractivity contribution >= 4 is 39.0 Å². The Kier molecular flexibility index (Phi) is 6.84. The molecule has 178 valence electrons. The van der Waals surface area contributed by atoms with Gasteiger partial charge in [0.15, 0.2) is 6.10 Å². The zero-order valence-corrected chi connectivity index (χ0v) is 19.5. The molecule has 0 saturated heterocycles. The summed E-state index contributed by atoms with van der Waals surface area (Å²) < 4.78 is 38.7. The Bertz CT molecular complexity index is 1280. The Hall–Kier alpha value is -3.45. The first-order chi connectivity index (χ1) is 16.3. The number of hydrogen-bond donors (Lipinski definition) is 3. The highest BCUT2D eigenvalue weighted by molar-refractivity contribution is 7.89. The van der Waals surface area contributed by atoms with Crippen molar-refractivity contribution in [1.82, 2.24) is 9.79 Å². The third-order valence-electron chi connectivity index (χ3n) is 5.26. The number of carbonyl (C=O) groups is 2. The minimum atomic E-state index is -4.24. The standard InChI is InChI=1S/C22H21N3O7S2/c1-31-16-7-9-17(10-8-16)34(29,30)25-13-14-11-12-33-20(14)19(18(25)21(26)24-28)32-22(27)23-15-5-3-2-4-6-15/h2-12,18-19,28H,13H2,1H3,(H,23,27)(H,24,26). The number of thiophene rings is 1. The SMILES string of the molecule is COc1ccc(S(=O)(=O)N2Cc3ccsc3C(OC(=O)Nc3ccccc3)C2C(=O)NO)cc1. The first-order valence-electron chi connectivity index (χ1n) is 10.0. The van der Waals surface area contributed by atoms with Gasteiger partial charge in [0.1, 0.15) is 11.8 Å². The molecule has 3 N–H and O–H groups in total. The van der Waals surface area contributed by atoms with Gasteiger partial charge in [-0.15, -0.1) is 11.3 Å². The molecule has 0 fully saturated rings. The molecule has 1 aromatic heterocycles. The summed E-state index contributed by atoms with van der Waals surface area (Å²) in [5.74, 6) is -0.574. The van der Waals surface area contributed by atoms with E-state index in [-0.39, 0.29) is 11.4 Å². The molecule has 2 aromatic carbocycles. The Balaban J connectivity index is 1.71. The van der Waals surface area contributed by atoms with Gasteiger partial charge in [-0.1, -0.05) is 18.2 Å². The summed E-state index contributed by atoms with van der Waals surface area (Å²) >= 11 is 1.22. The highest BCUT2D eigenvalue weighted by Crippen LogP contribution is 2.41. The fourth-order valence-corrected chi connectivity index (χ4v) is 6.18. The molecular weight excluding hydrogens is 482 g/mol. The van der Waals surface area contributed by atoms with E-state index >= 15 is 0 Å². The number of nitrogens with one attached hydrogen (secondary N) is 2. The molecule has 2 atom stereocenters. The first-order valence-corrected chi connectivity index (χ1v) is 12.4. The van der Waals surface area contributed by atoms with E-state index in [0.717, 1.165) is 4.31 Å². The van der Waals surface area contributed by atoms with Gasteiger partial charge in [-0.25, -0.2) is 18.7 Å². The van der Waals surface area contributed by atoms with Gasteiger partial charge in [-0.05, 0) is 53.4 Å². The lowest BCUT2D eigenvalue weighted by molar-refractivity contribution is -0.137. The number of carbonyl (C=O) groups excluding carboxylic acids is 2. The molecule has 2 amide bonds. The smallest absolute Gasteiger partial charge is 0.412 e. The van der Waals surface area contributed by atoms with Crippen molar-refractivity contribution in [1.29, 1.82) is 0 Å². The summed E-state index contributed by atoms with van der Waals surface area (Å²) in [6, 6.07) is 14.3. The van der Waals surface area contributed by atoms with Crippen LogP contribution >= 0.6 is 11.3 Å². The molecule has 0 spiro atoms. The van der Waals surface area contributed by atoms with E-state index in [9.17, 15) is 23.2 Å². The minimum Gasteiger partial charge on any atom is -0.497 e. The van der Waals surface area contributed by atoms with Crippen LogP contribution in [0.2, 0.25) is 0 Å². The maximum Gasteiger partial charge on any atom is 0.412 e. The van der Waals surface area contributed by atoms with Crippen molar-refractivity contribution < 1.29 is 32.7 Å². The lowest BCUT2D eigenvalue weighted by atomic mass is 10.0. The van der Waals surface area contributed by atoms with Crippen molar-refractivity contribution in [2.45, 2.75) is 23.6 Å². The number of nitrogens with zero attached hydrogens (tertiary/aromatic N) is 1. The number of sulfonamides is 1. The Morgan fingerprint density at radius 2 is 1.79 bits per heavy atom. The number of amides is 2. The van der Waals surface area contributed by atoms with Crippen molar-refractivity contribution in [3.8, 4) is 5.75 Å². The number of hydrogen-bond acceptors (Lipinski definition) is 8. The zero-order chi connectivity index (χ0) is 24.3. The van der Waals surface area contributed by atoms with Crippen LogP contribution in [0.3, 0.4) is 0 Å². The molecule has 0 radical (unpaired) electrons. The third-order valence-corrected chi connectivity index (χ3v) is 8.12. The second-order valence-corrected chi connectivity index (χ2v) is 10.1. The van der Waals surface area contributed by atoms with E-state index in [4.69, 9.17) is 9.47 Å². The van der Waals surface area contributed by atoms with Crippen LogP contribution in [0.4, 0.5) is 10.5 Å². The quantitative estimate of drug-likeness (QED) is 0.348. The number of anilines is 1. The molecule has 3 aromatic rings. The molecule has 34 heavy (non-hydrogen) atoms. The average Bonchev–Trinajstić information content (AvgIpc) is 3.33. The number of para-hydroxylation sites is 1. The van der Waals surface area contributed by atoms with Crippen LogP contribution in [0, 0.1) is 0 Å². The Morgan fingerprint density at radius 1 is 1.09 bits per heavy atom. The van der Waals surface area contributed by atoms with E-state index in [1.165, 1.54) is 48.2 Å². The molecule has 0 bridgehead atoms. The summed E-state index contributed by atoms with van der Waals surface area (Å²) in [6.07, 6.45) is -2.18. The number of hydroxylamine groups is 1. The van der Waals surface area contributed by atoms with Crippen LogP contribution < -0.4 is 15.5 Å². The monoisotopic (exact) mass is 503 g/mol. The summed E-state index contributed by atoms with van der Waals surface area (Å²) in [5.41, 5.74) is 2.55. The highest BCUT2D eigenvalue weighted by Gasteiger charge is 2.48. The fourth-order valence-electron chi connectivity index (χ4n) is 3.64. The average molecular weight is 504 g/mol. The second-order valence-electron chi connectivity index (χ2n) is 7.27. The maximum absolute atomic E-state index is 13.5. The lowest BCUT2D eigenvalue weighted by Crippen LogP contribution is -2.54. The van der Waals surface area contributed by atoms with Gasteiger partial charge >= 0.3 is 6.09 Å². The van der Waals surface area contributed by atoms with Crippen LogP contribution in [0.25, 0.3) is 0 Å². The second kappa shape index (κ2) is 9.81. The van der Waals surface area contributed by atoms with E-state index in [0.29, 0.717) is 21.9 Å². The van der Waals surface area contributed by atoms with Gasteiger partial charge in [0.25, 0.3) is 5.91 Å². The van der Waals surface area contributed by atoms with Gasteiger partial charge in [-0.3, -0.25) is 15.3 Å². The molecule has 0 aliphatic carbocycles. The molecule has 4 rings (SSSR count). The molecule has 2 heterocycles. The number of benzene rings is 2. The minimum absolute atomic E-state index is 0.0878. The third kappa shape index (κ3) is 4.61. The first kappa shape index (κ1) is 23.7. The molecule has 0 saturated carbocycles. The number of ether oxygens (including phenoxy) is 2. The van der Waals surface area contributed by atoms with Crippen molar-refractivity contribution in [3.63, 3.8) is 0 Å². The molecule has 1 aliphatic heterocycles. The lowest BCUT2D eigenvalue weighted by Gasteiger charge is -2.38. The molecule has 12 heteroatoms. The van der Waals surface area contributed by atoms with Crippen LogP contribution in [0.1, 0.15) is 16.5 Å². The van der Waals surface area contributed by atoms with Crippen LogP contribution in [0.5, 0.6) is 5.75 Å². The van der Waals surface area contributed by atoms with E-state index in [1.807, 2.05) is 0 Å². The fraction of sp³-hybridized carbons (Fsp3) is 0.182. The molecule has 10 nitrogen and oxygen atoms in total. The summed E-state index contributed by atoms with van der Waals surface area (Å²) in [4.78, 5) is 25.8. The normalized spacial score (nSPS) is 17.9. The van der Waals surface area contributed by atoms with Gasteiger partial charge in [0, 0.05) is 12.2 Å². The zero-order valence-electron chi connectivity index (χ0n) is 17.9. The topological polar surface area (TPSA) is 134 Å². The van der Waals surface area contributed by atoms with Gasteiger partial charge in [0.05, 0.1) is 16.9 Å². The molecule has 1 aliphatic rings.